The molecule has 0 aliphatic carbocycles. The molecule has 0 saturated carbocycles. The van der Waals surface area contributed by atoms with Crippen molar-refractivity contribution in [2.45, 2.75) is 75.0 Å². The number of pyridine rings is 2. The van der Waals surface area contributed by atoms with Crippen molar-refractivity contribution in [1.82, 2.24) is 29.7 Å². The van der Waals surface area contributed by atoms with E-state index in [1.165, 1.54) is 30.6 Å². The van der Waals surface area contributed by atoms with Gasteiger partial charge in [0, 0.05) is 84.6 Å². The molecular formula is C67H65F9N12O7. The molecule has 4 aliphatic rings. The molecule has 4 fully saturated rings. The van der Waals surface area contributed by atoms with Gasteiger partial charge in [0.25, 0.3) is 23.8 Å². The Labute approximate surface area is 538 Å². The minimum atomic E-state index is -5.04. The van der Waals surface area contributed by atoms with Crippen molar-refractivity contribution in [3.05, 3.63) is 190 Å². The number of piperazine rings is 1. The smallest absolute Gasteiger partial charge is 0.417 e. The summed E-state index contributed by atoms with van der Waals surface area (Å²) in [6.45, 7) is 3.99. The zero-order valence-corrected chi connectivity index (χ0v) is 51.0. The number of aliphatic hydroxyl groups excluding tert-OH is 2. The first kappa shape index (κ1) is 65.5. The molecule has 12 rings (SSSR count). The van der Waals surface area contributed by atoms with Crippen molar-refractivity contribution >= 4 is 52.8 Å². The standard InChI is InChI=1S/C67H65F9N12O7/c68-48-34-47(35-49(69)37-48)56(90)63(93)86-22-4-21-83(29-32-86)53-15-12-50(38-77-53)79-61(91)57-60(67(74,75)76)82-65(95-57)88-25-19-44(20-26-88)41-7-9-42(10-8-41)45-11-14-52(70)46(33-45)36-55(89)85-30-27-84(28-31-85)54-16-13-51(39-78-54)80-62(92)58-59(66(71,72)73)81-64(94-58)87-23-17-43(18-24-87)40-5-2-1-3-6-40/h1-3,5-16,33-35,37-39,43-44,56,63,90,93H,4,17-32,36H2,(H,79,91)(H,80,92). The Morgan fingerprint density at radius 3 is 1.54 bits per heavy atom. The average molecular weight is 1320 g/mol. The molecule has 8 aromatic rings. The fourth-order valence-electron chi connectivity index (χ4n) is 12.6. The molecule has 4 N–H and O–H groups in total. The first-order valence-corrected chi connectivity index (χ1v) is 31.1. The number of amides is 3. The molecule has 3 amide bonds. The number of carbonyl (C=O) groups is 3. The number of oxazole rings is 2. The number of hydrogen-bond acceptors (Lipinski definition) is 16. The zero-order valence-electron chi connectivity index (χ0n) is 51.0. The normalized spacial score (nSPS) is 17.2. The van der Waals surface area contributed by atoms with Crippen molar-refractivity contribution in [3.63, 3.8) is 0 Å². The number of nitrogens with one attached hydrogen (secondary N) is 2. The van der Waals surface area contributed by atoms with Crippen LogP contribution in [0, 0.1) is 17.5 Å². The highest BCUT2D eigenvalue weighted by atomic mass is 19.4. The summed E-state index contributed by atoms with van der Waals surface area (Å²) in [5.74, 6) is -5.73. The summed E-state index contributed by atoms with van der Waals surface area (Å²) in [6, 6.07) is 30.1. The van der Waals surface area contributed by atoms with Gasteiger partial charge in [-0.2, -0.15) is 36.3 Å². The number of aromatic nitrogens is 4. The summed E-state index contributed by atoms with van der Waals surface area (Å²) in [5.41, 5.74) is 0.914. The fourth-order valence-corrected chi connectivity index (χ4v) is 12.6. The monoisotopic (exact) mass is 1320 g/mol. The van der Waals surface area contributed by atoms with Crippen LogP contribution in [0.1, 0.15) is 105 Å². The molecule has 498 valence electrons. The molecule has 28 heteroatoms. The highest BCUT2D eigenvalue weighted by molar-refractivity contribution is 6.04. The Bertz CT molecular complexity index is 3980. The lowest BCUT2D eigenvalue weighted by atomic mass is 9.88. The number of hydrogen-bond donors (Lipinski definition) is 4. The van der Waals surface area contributed by atoms with Crippen molar-refractivity contribution in [3.8, 4) is 11.1 Å². The molecule has 4 saturated heterocycles. The largest absolute Gasteiger partial charge is 0.437 e. The van der Waals surface area contributed by atoms with Crippen molar-refractivity contribution in [2.75, 3.05) is 109 Å². The number of piperidine rings is 2. The molecule has 4 aromatic carbocycles. The second kappa shape index (κ2) is 27.8. The highest BCUT2D eigenvalue weighted by Crippen LogP contribution is 2.40. The number of benzene rings is 4. The molecule has 0 radical (unpaired) electrons. The van der Waals surface area contributed by atoms with E-state index in [2.05, 4.69) is 30.6 Å². The van der Waals surface area contributed by atoms with Gasteiger partial charge in [-0.15, -0.1) is 0 Å². The molecule has 95 heavy (non-hydrogen) atoms. The molecule has 2 atom stereocenters. The molecule has 4 aromatic heterocycles. The van der Waals surface area contributed by atoms with Crippen LogP contribution < -0.4 is 30.2 Å². The summed E-state index contributed by atoms with van der Waals surface area (Å²) < 4.78 is 140. The molecule has 4 aliphatic heterocycles. The average Bonchev–Trinajstić information content (AvgIpc) is 1.79. The van der Waals surface area contributed by atoms with Gasteiger partial charge in [-0.1, -0.05) is 60.7 Å². The lowest BCUT2D eigenvalue weighted by Crippen LogP contribution is -2.49. The predicted octanol–water partition coefficient (Wildman–Crippen LogP) is 11.3. The van der Waals surface area contributed by atoms with Gasteiger partial charge >= 0.3 is 12.4 Å². The van der Waals surface area contributed by atoms with E-state index < -0.39 is 76.9 Å². The number of anilines is 6. The third-order valence-corrected chi connectivity index (χ3v) is 17.8. The number of nitrogens with zero attached hydrogens (tertiary/aromatic N) is 10. The van der Waals surface area contributed by atoms with Crippen LogP contribution in [-0.4, -0.2) is 142 Å². The summed E-state index contributed by atoms with van der Waals surface area (Å²) in [7, 11) is 0. The van der Waals surface area contributed by atoms with E-state index in [1.807, 2.05) is 64.4 Å². The molecule has 19 nitrogen and oxygen atoms in total. The number of aliphatic hydroxyl groups is 2. The zero-order chi connectivity index (χ0) is 66.7. The van der Waals surface area contributed by atoms with E-state index >= 15 is 4.39 Å². The molecule has 2 unspecified atom stereocenters. The van der Waals surface area contributed by atoms with Gasteiger partial charge < -0.3 is 54.2 Å². The van der Waals surface area contributed by atoms with Crippen LogP contribution in [0.3, 0.4) is 0 Å². The van der Waals surface area contributed by atoms with Crippen LogP contribution in [0.2, 0.25) is 0 Å². The van der Waals surface area contributed by atoms with E-state index in [1.54, 1.807) is 43.9 Å². The van der Waals surface area contributed by atoms with Crippen LogP contribution >= 0.6 is 0 Å². The van der Waals surface area contributed by atoms with Gasteiger partial charge in [-0.05, 0) is 126 Å². The first-order chi connectivity index (χ1) is 45.6. The van der Waals surface area contributed by atoms with Gasteiger partial charge in [0.1, 0.15) is 41.4 Å². The second-order valence-electron chi connectivity index (χ2n) is 23.9. The number of alkyl halides is 6. The summed E-state index contributed by atoms with van der Waals surface area (Å²) in [5, 5.41) is 26.4. The van der Waals surface area contributed by atoms with Gasteiger partial charge in [0.15, 0.2) is 11.4 Å². The summed E-state index contributed by atoms with van der Waals surface area (Å²) >= 11 is 0. The molecule has 8 heterocycles. The van der Waals surface area contributed by atoms with E-state index in [-0.39, 0.29) is 78.3 Å². The SMILES string of the molecule is O=C(Nc1ccc(N2CCN(C(=O)Cc3cc(-c4ccc(C5CCN(c6nc(C(F)(F)F)c(C(=O)Nc7ccc(N8CCCN(C(O)C(O)c9cc(F)cc(F)c9)CC8)nc7)o6)CC5)cc4)ccc3F)CC2)nc1)c1oc(N2CCC(c3ccccc3)CC2)nc1C(F)(F)F. The molecule has 0 spiro atoms. The minimum absolute atomic E-state index is 0.00457. The van der Waals surface area contributed by atoms with E-state index in [0.717, 1.165) is 28.8 Å². The summed E-state index contributed by atoms with van der Waals surface area (Å²) in [4.78, 5) is 66.8. The van der Waals surface area contributed by atoms with Gasteiger partial charge in [-0.25, -0.2) is 23.1 Å². The topological polar surface area (TPSA) is 213 Å². The van der Waals surface area contributed by atoms with Crippen molar-refractivity contribution < 1.29 is 72.9 Å². The van der Waals surface area contributed by atoms with Gasteiger partial charge in [-0.3, -0.25) is 19.3 Å². The predicted molar refractivity (Wildman–Crippen MR) is 332 cm³/mol. The molecule has 0 bridgehead atoms. The van der Waals surface area contributed by atoms with E-state index in [4.69, 9.17) is 8.83 Å². The van der Waals surface area contributed by atoms with Crippen molar-refractivity contribution in [1.29, 1.82) is 0 Å². The number of rotatable bonds is 16. The third-order valence-electron chi connectivity index (χ3n) is 17.8. The Balaban J connectivity index is 0.598. The van der Waals surface area contributed by atoms with Crippen LogP contribution in [0.5, 0.6) is 0 Å². The van der Waals surface area contributed by atoms with Crippen LogP contribution in [0.25, 0.3) is 11.1 Å². The minimum Gasteiger partial charge on any atom is -0.417 e. The number of halogens is 9. The quantitative estimate of drug-likeness (QED) is 0.0662. The second-order valence-corrected chi connectivity index (χ2v) is 23.9. The van der Waals surface area contributed by atoms with Crippen LogP contribution in [-0.2, 0) is 23.6 Å². The van der Waals surface area contributed by atoms with Crippen LogP contribution in [0.15, 0.2) is 136 Å². The maximum atomic E-state index is 15.4. The maximum absolute atomic E-state index is 15.4. The lowest BCUT2D eigenvalue weighted by Gasteiger charge is -2.35. The Hall–Kier alpha value is -9.54. The number of carbonyl (C=O) groups excluding carboxylic acids is 3. The van der Waals surface area contributed by atoms with E-state index in [0.29, 0.717) is 114 Å². The first-order valence-electron chi connectivity index (χ1n) is 31.1. The van der Waals surface area contributed by atoms with Gasteiger partial charge in [0.05, 0.1) is 30.2 Å². The lowest BCUT2D eigenvalue weighted by molar-refractivity contribution is -0.142. The van der Waals surface area contributed by atoms with E-state index in [9.17, 15) is 59.7 Å². The van der Waals surface area contributed by atoms with Gasteiger partial charge in [0.2, 0.25) is 17.4 Å². The highest BCUT2D eigenvalue weighted by Gasteiger charge is 2.44. The summed E-state index contributed by atoms with van der Waals surface area (Å²) in [6.07, 6.45) is -7.79. The Morgan fingerprint density at radius 2 is 1.03 bits per heavy atom. The maximum Gasteiger partial charge on any atom is 0.437 e. The van der Waals surface area contributed by atoms with Crippen LogP contribution in [0.4, 0.5) is 74.6 Å². The molecular weight excluding hydrogens is 1260 g/mol. The third kappa shape index (κ3) is 15.2. The Kier molecular flexibility index (Phi) is 19.2. The Morgan fingerprint density at radius 1 is 0.537 bits per heavy atom. The fraction of sp³-hybridized carbons (Fsp3) is 0.358. The van der Waals surface area contributed by atoms with Crippen molar-refractivity contribution in [2.24, 2.45) is 0 Å².